The van der Waals surface area contributed by atoms with Gasteiger partial charge in [0, 0.05) is 19.0 Å². The van der Waals surface area contributed by atoms with Gasteiger partial charge in [0.05, 0.1) is 0 Å². The van der Waals surface area contributed by atoms with Crippen molar-refractivity contribution in [2.75, 3.05) is 6.54 Å². The summed E-state index contributed by atoms with van der Waals surface area (Å²) in [5, 5.41) is 0. The summed E-state index contributed by atoms with van der Waals surface area (Å²) < 4.78 is 0. The Hall–Kier alpha value is -0.530. The molecule has 1 fully saturated rings. The highest BCUT2D eigenvalue weighted by atomic mass is 16.2. The molecule has 2 nitrogen and oxygen atoms in total. The first-order valence-electron chi connectivity index (χ1n) is 6.09. The molecule has 82 valence electrons. The fourth-order valence-corrected chi connectivity index (χ4v) is 2.27. The van der Waals surface area contributed by atoms with E-state index in [1.165, 1.54) is 25.7 Å². The molecule has 0 aromatic carbocycles. The summed E-state index contributed by atoms with van der Waals surface area (Å²) in [5.74, 6) is 0.383. The highest BCUT2D eigenvalue weighted by molar-refractivity contribution is 5.78. The summed E-state index contributed by atoms with van der Waals surface area (Å²) in [6.07, 6.45) is 8.03. The fraction of sp³-hybridized carbons (Fsp3) is 0.917. The predicted molar refractivity (Wildman–Crippen MR) is 59.2 cm³/mol. The maximum Gasteiger partial charge on any atom is 0.222 e. The number of rotatable bonds is 6. The van der Waals surface area contributed by atoms with Crippen LogP contribution in [0.15, 0.2) is 0 Å². The number of nitrogens with zero attached hydrogens (tertiary/aromatic N) is 1. The van der Waals surface area contributed by atoms with Gasteiger partial charge in [0.25, 0.3) is 0 Å². The number of amides is 1. The topological polar surface area (TPSA) is 20.3 Å². The van der Waals surface area contributed by atoms with Gasteiger partial charge in [-0.05, 0) is 19.3 Å². The Morgan fingerprint density at radius 3 is 2.64 bits per heavy atom. The molecule has 0 N–H and O–H groups in total. The van der Waals surface area contributed by atoms with Crippen LogP contribution in [0.1, 0.15) is 58.8 Å². The number of hydrogen-bond donors (Lipinski definition) is 0. The molecular formula is C12H23NO. The first-order chi connectivity index (χ1) is 6.79. The van der Waals surface area contributed by atoms with Crippen LogP contribution < -0.4 is 0 Å². The fourth-order valence-electron chi connectivity index (χ4n) is 2.27. The molecule has 0 aliphatic carbocycles. The zero-order valence-corrected chi connectivity index (χ0v) is 9.59. The molecule has 14 heavy (non-hydrogen) atoms. The van der Waals surface area contributed by atoms with Gasteiger partial charge in [-0.25, -0.2) is 0 Å². The van der Waals surface area contributed by atoms with Gasteiger partial charge >= 0.3 is 0 Å². The molecule has 0 aromatic heterocycles. The molecule has 0 aromatic rings. The van der Waals surface area contributed by atoms with Gasteiger partial charge in [-0.15, -0.1) is 0 Å². The number of carbonyl (C=O) groups excluding carboxylic acids is 1. The Bertz CT molecular complexity index is 179. The number of carbonyl (C=O) groups is 1. The molecule has 1 unspecified atom stereocenters. The molecule has 1 saturated heterocycles. The van der Waals surface area contributed by atoms with Crippen molar-refractivity contribution in [2.45, 2.75) is 64.8 Å². The van der Waals surface area contributed by atoms with Crippen LogP contribution in [0.5, 0.6) is 0 Å². The second-order valence-corrected chi connectivity index (χ2v) is 4.25. The van der Waals surface area contributed by atoms with Gasteiger partial charge in [0.15, 0.2) is 0 Å². The summed E-state index contributed by atoms with van der Waals surface area (Å²) in [5.41, 5.74) is 0. The SMILES string of the molecule is CCCCCC(CC)N1CCCC1=O. The molecule has 1 aliphatic heterocycles. The second-order valence-electron chi connectivity index (χ2n) is 4.25. The third kappa shape index (κ3) is 3.00. The van der Waals surface area contributed by atoms with Crippen LogP contribution in [-0.4, -0.2) is 23.4 Å². The predicted octanol–water partition coefficient (Wildman–Crippen LogP) is 2.97. The van der Waals surface area contributed by atoms with Crippen molar-refractivity contribution < 1.29 is 4.79 Å². The van der Waals surface area contributed by atoms with Gasteiger partial charge in [0.1, 0.15) is 0 Å². The lowest BCUT2D eigenvalue weighted by Gasteiger charge is -2.26. The lowest BCUT2D eigenvalue weighted by Crippen LogP contribution is -2.35. The Labute approximate surface area is 87.7 Å². The van der Waals surface area contributed by atoms with Crippen LogP contribution >= 0.6 is 0 Å². The molecule has 1 rings (SSSR count). The van der Waals surface area contributed by atoms with Crippen LogP contribution in [0.4, 0.5) is 0 Å². The third-order valence-electron chi connectivity index (χ3n) is 3.16. The standard InChI is InChI=1S/C12H23NO/c1-3-5-6-8-11(4-2)13-10-7-9-12(13)14/h11H,3-10H2,1-2H3. The van der Waals surface area contributed by atoms with Crippen molar-refractivity contribution in [1.82, 2.24) is 4.90 Å². The molecule has 0 spiro atoms. The molecule has 1 heterocycles. The Balaban J connectivity index is 2.32. The van der Waals surface area contributed by atoms with Crippen LogP contribution in [-0.2, 0) is 4.79 Å². The molecule has 0 saturated carbocycles. The number of likely N-dealkylation sites (tertiary alicyclic amines) is 1. The van der Waals surface area contributed by atoms with E-state index in [-0.39, 0.29) is 0 Å². The summed E-state index contributed by atoms with van der Waals surface area (Å²) in [6.45, 7) is 5.42. The van der Waals surface area contributed by atoms with Gasteiger partial charge in [0.2, 0.25) is 5.91 Å². The highest BCUT2D eigenvalue weighted by Crippen LogP contribution is 2.19. The zero-order valence-electron chi connectivity index (χ0n) is 9.59. The Kier molecular flexibility index (Phi) is 4.99. The van der Waals surface area contributed by atoms with E-state index in [0.717, 1.165) is 25.8 Å². The molecule has 1 atom stereocenters. The third-order valence-corrected chi connectivity index (χ3v) is 3.16. The van der Waals surface area contributed by atoms with Crippen LogP contribution in [0, 0.1) is 0 Å². The van der Waals surface area contributed by atoms with E-state index in [1.807, 2.05) is 0 Å². The van der Waals surface area contributed by atoms with Crippen molar-refractivity contribution in [1.29, 1.82) is 0 Å². The molecule has 0 radical (unpaired) electrons. The summed E-state index contributed by atoms with van der Waals surface area (Å²) in [6, 6.07) is 0.525. The van der Waals surface area contributed by atoms with Crippen molar-refractivity contribution in [3.8, 4) is 0 Å². The zero-order chi connectivity index (χ0) is 10.4. The molecule has 1 aliphatic rings. The van der Waals surface area contributed by atoms with Gasteiger partial charge in [-0.1, -0.05) is 33.1 Å². The number of unbranched alkanes of at least 4 members (excludes halogenated alkanes) is 2. The second kappa shape index (κ2) is 6.05. The molecule has 0 bridgehead atoms. The minimum absolute atomic E-state index is 0.383. The van der Waals surface area contributed by atoms with Gasteiger partial charge in [-0.2, -0.15) is 0 Å². The van der Waals surface area contributed by atoms with Crippen LogP contribution in [0.25, 0.3) is 0 Å². The molecular weight excluding hydrogens is 174 g/mol. The van der Waals surface area contributed by atoms with Gasteiger partial charge in [-0.3, -0.25) is 4.79 Å². The maximum atomic E-state index is 11.5. The Morgan fingerprint density at radius 2 is 2.14 bits per heavy atom. The monoisotopic (exact) mass is 197 g/mol. The van der Waals surface area contributed by atoms with E-state index in [1.54, 1.807) is 0 Å². The van der Waals surface area contributed by atoms with Crippen molar-refractivity contribution in [2.24, 2.45) is 0 Å². The van der Waals surface area contributed by atoms with Crippen molar-refractivity contribution >= 4 is 5.91 Å². The number of hydrogen-bond acceptors (Lipinski definition) is 1. The lowest BCUT2D eigenvalue weighted by atomic mass is 10.1. The molecule has 2 heteroatoms. The highest BCUT2D eigenvalue weighted by Gasteiger charge is 2.25. The van der Waals surface area contributed by atoms with E-state index in [0.29, 0.717) is 11.9 Å². The van der Waals surface area contributed by atoms with Crippen molar-refractivity contribution in [3.05, 3.63) is 0 Å². The minimum atomic E-state index is 0.383. The smallest absolute Gasteiger partial charge is 0.222 e. The average Bonchev–Trinajstić information content (AvgIpc) is 2.60. The van der Waals surface area contributed by atoms with Crippen molar-refractivity contribution in [3.63, 3.8) is 0 Å². The van der Waals surface area contributed by atoms with E-state index in [4.69, 9.17) is 0 Å². The first kappa shape index (κ1) is 11.5. The quantitative estimate of drug-likeness (QED) is 0.599. The normalized spacial score (nSPS) is 19.0. The van der Waals surface area contributed by atoms with E-state index < -0.39 is 0 Å². The van der Waals surface area contributed by atoms with Crippen LogP contribution in [0.3, 0.4) is 0 Å². The van der Waals surface area contributed by atoms with E-state index in [9.17, 15) is 4.79 Å². The first-order valence-corrected chi connectivity index (χ1v) is 6.09. The summed E-state index contributed by atoms with van der Waals surface area (Å²) >= 11 is 0. The summed E-state index contributed by atoms with van der Waals surface area (Å²) in [4.78, 5) is 13.6. The maximum absolute atomic E-state index is 11.5. The summed E-state index contributed by atoms with van der Waals surface area (Å²) in [7, 11) is 0. The largest absolute Gasteiger partial charge is 0.340 e. The lowest BCUT2D eigenvalue weighted by molar-refractivity contribution is -0.129. The molecule has 1 amide bonds. The van der Waals surface area contributed by atoms with Crippen LogP contribution in [0.2, 0.25) is 0 Å². The minimum Gasteiger partial charge on any atom is -0.340 e. The van der Waals surface area contributed by atoms with E-state index in [2.05, 4.69) is 18.7 Å². The average molecular weight is 197 g/mol. The van der Waals surface area contributed by atoms with E-state index >= 15 is 0 Å². The Morgan fingerprint density at radius 1 is 1.36 bits per heavy atom. The van der Waals surface area contributed by atoms with Gasteiger partial charge < -0.3 is 4.90 Å².